The summed E-state index contributed by atoms with van der Waals surface area (Å²) in [7, 11) is 0. The number of aliphatic hydroxyl groups excluding tert-OH is 1. The molecule has 0 aliphatic rings. The van der Waals surface area contributed by atoms with Gasteiger partial charge in [0, 0.05) is 47.0 Å². The zero-order chi connectivity index (χ0) is 50.9. The molecule has 69 heavy (non-hydrogen) atoms. The second kappa shape index (κ2) is 25.6. The summed E-state index contributed by atoms with van der Waals surface area (Å²) < 4.78 is 0. The van der Waals surface area contributed by atoms with Gasteiger partial charge in [-0.05, 0) is 47.9 Å². The van der Waals surface area contributed by atoms with Gasteiger partial charge in [-0.1, -0.05) is 70.5 Å². The van der Waals surface area contributed by atoms with Gasteiger partial charge in [0.15, 0.2) is 6.04 Å². The molecule has 374 valence electrons. The quantitative estimate of drug-likeness (QED) is 0.0156. The number of aliphatic carboxylic acids is 2. The van der Waals surface area contributed by atoms with Crippen molar-refractivity contribution < 1.29 is 64.4 Å². The third-order valence-corrected chi connectivity index (χ3v) is 11.7. The number of fused-ring (bicyclic) bond motifs is 2. The summed E-state index contributed by atoms with van der Waals surface area (Å²) in [5.41, 5.74) is 17.3. The molecule has 0 aliphatic heterocycles. The molecule has 23 heteroatoms. The van der Waals surface area contributed by atoms with Gasteiger partial charge < -0.3 is 62.9 Å². The molecule has 0 fully saturated rings. The molecule has 0 spiro atoms. The molecule has 2 aromatic carbocycles. The number of aromatic amines is 2. The van der Waals surface area contributed by atoms with E-state index in [0.717, 1.165) is 21.8 Å². The highest BCUT2D eigenvalue weighted by molar-refractivity contribution is 5.98. The minimum absolute atomic E-state index is 0.0665. The number of quaternary nitrogens is 1. The molecule has 4 aromatic rings. The fourth-order valence-corrected chi connectivity index (χ4v) is 7.58. The smallest absolute Gasteiger partial charge is 0.338 e. The van der Waals surface area contributed by atoms with Gasteiger partial charge in [0.25, 0.3) is 5.91 Å². The lowest BCUT2D eigenvalue weighted by Crippen LogP contribution is -2.78. The number of rotatable bonds is 27. The number of hydrogen-bond acceptors (Lipinski definition) is 9. The van der Waals surface area contributed by atoms with Crippen molar-refractivity contribution in [2.24, 2.45) is 23.3 Å². The Morgan fingerprint density at radius 2 is 1.12 bits per heavy atom. The van der Waals surface area contributed by atoms with Gasteiger partial charge in [-0.15, -0.1) is 0 Å². The third-order valence-electron chi connectivity index (χ3n) is 11.7. The summed E-state index contributed by atoms with van der Waals surface area (Å²) in [5.74, 6) is -8.91. The van der Waals surface area contributed by atoms with Crippen molar-refractivity contribution in [3.63, 3.8) is 0 Å². The predicted octanol–water partition coefficient (Wildman–Crippen LogP) is -3.66. The molecule has 4 rings (SSSR count). The highest BCUT2D eigenvalue weighted by atomic mass is 16.4. The minimum atomic E-state index is -1.61. The molecule has 19 N–H and O–H groups in total. The van der Waals surface area contributed by atoms with Crippen LogP contribution in [0.1, 0.15) is 64.5 Å². The molecule has 0 saturated heterocycles. The SMILES string of the molecule is CC[C@H](C)[C@H](NC(=O)[C@H](CCC[NH+]=C(N)N)NC(=O)[C@H](CO)NC(=O)[C@@H]([NH3+])CC(=O)O)C(=O)N[C@@H](Cc1c[nH]c2ccccc12)C(=O)N[C@@H](Cc1c[nH]c2ccccc12)C(=O)N[C@H](C(=O)O)C(C)C. The van der Waals surface area contributed by atoms with Crippen LogP contribution >= 0.6 is 0 Å². The Balaban J connectivity index is 1.67. The molecule has 0 aliphatic carbocycles. The second-order valence-corrected chi connectivity index (χ2v) is 17.3. The number of benzene rings is 2. The van der Waals surface area contributed by atoms with E-state index < -0.39 is 115 Å². The first-order valence-corrected chi connectivity index (χ1v) is 22.7. The van der Waals surface area contributed by atoms with Crippen LogP contribution in [0.4, 0.5) is 0 Å². The summed E-state index contributed by atoms with van der Waals surface area (Å²) in [6.45, 7) is 5.96. The lowest BCUT2D eigenvalue weighted by molar-refractivity contribution is -0.459. The number of carboxylic acids is 2. The maximum atomic E-state index is 14.7. The van der Waals surface area contributed by atoms with E-state index in [1.165, 1.54) is 0 Å². The summed E-state index contributed by atoms with van der Waals surface area (Å²) in [5, 5.41) is 46.2. The minimum Gasteiger partial charge on any atom is -0.481 e. The molecule has 2 heterocycles. The number of amides is 6. The highest BCUT2D eigenvalue weighted by Gasteiger charge is 2.36. The number of nitrogens with one attached hydrogen (secondary N) is 9. The Hall–Kier alpha value is -7.53. The highest BCUT2D eigenvalue weighted by Crippen LogP contribution is 2.22. The first-order chi connectivity index (χ1) is 32.7. The van der Waals surface area contributed by atoms with E-state index in [-0.39, 0.29) is 38.2 Å². The first kappa shape index (κ1) is 54.1. The number of para-hydroxylation sites is 2. The van der Waals surface area contributed by atoms with Crippen LogP contribution in [0.5, 0.6) is 0 Å². The Labute approximate surface area is 397 Å². The number of guanidine groups is 1. The van der Waals surface area contributed by atoms with E-state index in [2.05, 4.69) is 52.6 Å². The van der Waals surface area contributed by atoms with Crippen LogP contribution in [0.2, 0.25) is 0 Å². The van der Waals surface area contributed by atoms with E-state index in [4.69, 9.17) is 16.6 Å². The topological polar surface area (TPSA) is 395 Å². The molecule has 6 amide bonds. The number of hydrogen-bond donors (Lipinski definition) is 15. The number of carbonyl (C=O) groups is 8. The maximum absolute atomic E-state index is 14.7. The number of H-pyrrole nitrogens is 2. The fraction of sp³-hybridized carbons (Fsp3) is 0.457. The maximum Gasteiger partial charge on any atom is 0.338 e. The zero-order valence-electron chi connectivity index (χ0n) is 39.1. The molecule has 0 radical (unpaired) electrons. The number of nitrogens with two attached hydrogens (primary N) is 2. The van der Waals surface area contributed by atoms with Crippen LogP contribution in [-0.2, 0) is 51.2 Å². The predicted molar refractivity (Wildman–Crippen MR) is 252 cm³/mol. The Kier molecular flexibility index (Phi) is 20.0. The normalized spacial score (nSPS) is 14.8. The largest absolute Gasteiger partial charge is 0.481 e. The van der Waals surface area contributed by atoms with Crippen molar-refractivity contribution >= 4 is 75.1 Å². The van der Waals surface area contributed by atoms with Gasteiger partial charge in [-0.3, -0.25) is 50.0 Å². The molecule has 2 aromatic heterocycles. The monoisotopic (exact) mass is 962 g/mol. The lowest BCUT2D eigenvalue weighted by atomic mass is 9.96. The van der Waals surface area contributed by atoms with Crippen LogP contribution in [0, 0.1) is 11.8 Å². The summed E-state index contributed by atoms with van der Waals surface area (Å²) in [6.07, 6.45) is 3.03. The number of aromatic nitrogens is 2. The van der Waals surface area contributed by atoms with Gasteiger partial charge in [0.2, 0.25) is 29.5 Å². The second-order valence-electron chi connectivity index (χ2n) is 17.3. The van der Waals surface area contributed by atoms with E-state index in [0.29, 0.717) is 17.5 Å². The van der Waals surface area contributed by atoms with Crippen LogP contribution < -0.4 is 54.1 Å². The van der Waals surface area contributed by atoms with Crippen molar-refractivity contribution in [3.05, 3.63) is 72.1 Å². The van der Waals surface area contributed by atoms with E-state index in [1.807, 2.05) is 42.5 Å². The van der Waals surface area contributed by atoms with Gasteiger partial charge in [0.05, 0.1) is 13.2 Å². The fourth-order valence-electron chi connectivity index (χ4n) is 7.58. The summed E-state index contributed by atoms with van der Waals surface area (Å²) in [6, 6.07) is 4.97. The molecule has 0 unspecified atom stereocenters. The first-order valence-electron chi connectivity index (χ1n) is 22.7. The number of carboxylic acid groups (broad SMARTS) is 2. The average Bonchev–Trinajstić information content (AvgIpc) is 3.91. The van der Waals surface area contributed by atoms with E-state index >= 15 is 0 Å². The van der Waals surface area contributed by atoms with Crippen LogP contribution in [0.15, 0.2) is 60.9 Å². The van der Waals surface area contributed by atoms with Crippen molar-refractivity contribution in [1.82, 2.24) is 41.9 Å². The van der Waals surface area contributed by atoms with Crippen molar-refractivity contribution in [2.75, 3.05) is 13.2 Å². The summed E-state index contributed by atoms with van der Waals surface area (Å²) >= 11 is 0. The Morgan fingerprint density at radius 3 is 1.61 bits per heavy atom. The molecular weight excluding hydrogens is 897 g/mol. The van der Waals surface area contributed by atoms with Gasteiger partial charge in [-0.2, -0.15) is 0 Å². The molecule has 0 bridgehead atoms. The molecule has 23 nitrogen and oxygen atoms in total. The van der Waals surface area contributed by atoms with Crippen LogP contribution in [-0.4, -0.2) is 134 Å². The molecule has 0 saturated carbocycles. The lowest BCUT2D eigenvalue weighted by Gasteiger charge is -2.29. The van der Waals surface area contributed by atoms with E-state index in [9.17, 15) is 48.6 Å². The standard InChI is InChI=1S/C46H64N12O11/c1-5-24(4)38(58-40(63)32(15-10-16-50-46(48)49)53-43(66)35(22-59)56-39(62)29(47)19-36(60)61)44(67)55-33(17-25-20-51-30-13-8-6-11-27(25)30)41(64)54-34(42(65)57-37(23(2)3)45(68)69)18-26-21-52-31-14-9-7-12-28(26)31/h6-9,11-14,20-21,23-24,29,32-35,37-38,51-52,59H,5,10,15-19,22,47H2,1-4H3,(H,53,66)(H,54,64)(H,55,67)(H,56,62)(H,57,65)(H,58,63)(H,60,61)(H,68,69)(H4,48,49,50)/p+2/t24-,29-,32-,33-,34-,35-,37-,38-/m0/s1. The zero-order valence-corrected chi connectivity index (χ0v) is 39.1. The number of carbonyl (C=O) groups excluding carboxylic acids is 6. The van der Waals surface area contributed by atoms with Crippen molar-refractivity contribution in [2.45, 2.75) is 109 Å². The van der Waals surface area contributed by atoms with E-state index in [1.54, 1.807) is 46.2 Å². The van der Waals surface area contributed by atoms with Crippen molar-refractivity contribution in [3.8, 4) is 0 Å². The van der Waals surface area contributed by atoms with Crippen LogP contribution in [0.25, 0.3) is 21.8 Å². The number of aliphatic hydroxyl groups is 1. The van der Waals surface area contributed by atoms with Gasteiger partial charge in [0.1, 0.15) is 42.7 Å². The Bertz CT molecular complexity index is 2480. The average molecular weight is 963 g/mol. The Morgan fingerprint density at radius 1 is 0.652 bits per heavy atom. The molecule has 8 atom stereocenters. The van der Waals surface area contributed by atoms with Crippen molar-refractivity contribution in [1.29, 1.82) is 0 Å². The van der Waals surface area contributed by atoms with Gasteiger partial charge in [-0.25, -0.2) is 4.79 Å². The molecular formula is C46H66N12O11+2. The van der Waals surface area contributed by atoms with Crippen LogP contribution in [0.3, 0.4) is 0 Å². The van der Waals surface area contributed by atoms with Gasteiger partial charge >= 0.3 is 17.9 Å². The third kappa shape index (κ3) is 15.5. The summed E-state index contributed by atoms with van der Waals surface area (Å²) in [4.78, 5) is 116.